The second-order valence-corrected chi connectivity index (χ2v) is 5.54. The zero-order chi connectivity index (χ0) is 15.8. The van der Waals surface area contributed by atoms with Crippen molar-refractivity contribution in [3.63, 3.8) is 0 Å². The van der Waals surface area contributed by atoms with E-state index < -0.39 is 23.7 Å². The number of carboxylic acid groups (broad SMARTS) is 1. The van der Waals surface area contributed by atoms with Gasteiger partial charge in [-0.1, -0.05) is 17.7 Å². The Balaban J connectivity index is 2.71. The lowest BCUT2D eigenvalue weighted by atomic mass is 10.2. The van der Waals surface area contributed by atoms with Gasteiger partial charge >= 0.3 is 5.97 Å². The highest BCUT2D eigenvalue weighted by atomic mass is 35.5. The number of rotatable bonds is 7. The second-order valence-electron chi connectivity index (χ2n) is 4.15. The molecule has 0 saturated carbocycles. The van der Waals surface area contributed by atoms with E-state index in [0.717, 1.165) is 6.08 Å². The van der Waals surface area contributed by atoms with Gasteiger partial charge < -0.3 is 10.4 Å². The lowest BCUT2D eigenvalue weighted by Gasteiger charge is -2.12. The summed E-state index contributed by atoms with van der Waals surface area (Å²) in [5.41, 5.74) is 0.0882. The average Bonchev–Trinajstić information content (AvgIpc) is 2.42. The number of nitrogens with one attached hydrogen (secondary N) is 1. The molecule has 0 radical (unpaired) electrons. The first kappa shape index (κ1) is 17.5. The third-order valence-electron chi connectivity index (χ3n) is 2.63. The largest absolute Gasteiger partial charge is 0.480 e. The number of carbonyl (C=O) groups excluding carboxylic acids is 1. The minimum absolute atomic E-state index is 0.0882. The molecular formula is C14H15ClFNO3S. The lowest BCUT2D eigenvalue weighted by Crippen LogP contribution is -2.40. The Labute approximate surface area is 131 Å². The number of halogens is 2. The highest BCUT2D eigenvalue weighted by Gasteiger charge is 2.18. The molecule has 2 N–H and O–H groups in total. The molecule has 0 aliphatic rings. The average molecular weight is 332 g/mol. The Hall–Kier alpha value is -1.53. The molecule has 0 aliphatic carbocycles. The first-order chi connectivity index (χ1) is 9.95. The van der Waals surface area contributed by atoms with Crippen LogP contribution in [0.4, 0.5) is 4.39 Å². The third-order valence-corrected chi connectivity index (χ3v) is 3.60. The van der Waals surface area contributed by atoms with Crippen molar-refractivity contribution in [3.05, 3.63) is 40.7 Å². The Morgan fingerprint density at radius 3 is 2.81 bits per heavy atom. The quantitative estimate of drug-likeness (QED) is 0.754. The zero-order valence-corrected chi connectivity index (χ0v) is 12.9. The van der Waals surface area contributed by atoms with E-state index in [1.807, 2.05) is 6.26 Å². The fourth-order valence-electron chi connectivity index (χ4n) is 1.54. The summed E-state index contributed by atoms with van der Waals surface area (Å²) >= 11 is 7.31. The minimum atomic E-state index is -1.10. The van der Waals surface area contributed by atoms with Crippen molar-refractivity contribution in [1.82, 2.24) is 5.32 Å². The van der Waals surface area contributed by atoms with Gasteiger partial charge in [-0.05, 0) is 36.6 Å². The number of carboxylic acids is 1. The van der Waals surface area contributed by atoms with Gasteiger partial charge in [0.15, 0.2) is 0 Å². The molecule has 114 valence electrons. The van der Waals surface area contributed by atoms with Crippen LogP contribution in [0.2, 0.25) is 5.02 Å². The summed E-state index contributed by atoms with van der Waals surface area (Å²) in [5, 5.41) is 11.5. The molecular weight excluding hydrogens is 317 g/mol. The predicted molar refractivity (Wildman–Crippen MR) is 83.0 cm³/mol. The molecule has 1 unspecified atom stereocenters. The molecule has 0 fully saturated rings. The van der Waals surface area contributed by atoms with Crippen LogP contribution in [0.25, 0.3) is 6.08 Å². The van der Waals surface area contributed by atoms with Gasteiger partial charge in [0.25, 0.3) is 0 Å². The van der Waals surface area contributed by atoms with Crippen LogP contribution in [0.3, 0.4) is 0 Å². The lowest BCUT2D eigenvalue weighted by molar-refractivity contribution is -0.141. The van der Waals surface area contributed by atoms with Gasteiger partial charge in [0.05, 0.1) is 5.02 Å². The number of carbonyl (C=O) groups is 2. The fraction of sp³-hybridized carbons (Fsp3) is 0.286. The third kappa shape index (κ3) is 5.77. The molecule has 1 aromatic carbocycles. The van der Waals surface area contributed by atoms with E-state index in [1.165, 1.54) is 36.0 Å². The summed E-state index contributed by atoms with van der Waals surface area (Å²) in [7, 11) is 0. The SMILES string of the molecule is CSCCC(NC(=O)/C=C/c1c(F)cccc1Cl)C(=O)O. The van der Waals surface area contributed by atoms with Crippen molar-refractivity contribution in [2.75, 3.05) is 12.0 Å². The van der Waals surface area contributed by atoms with Crippen molar-refractivity contribution < 1.29 is 19.1 Å². The summed E-state index contributed by atoms with van der Waals surface area (Å²) in [6.45, 7) is 0. The van der Waals surface area contributed by atoms with Gasteiger partial charge in [-0.25, -0.2) is 9.18 Å². The molecule has 0 spiro atoms. The maximum Gasteiger partial charge on any atom is 0.326 e. The molecule has 0 bridgehead atoms. The maximum absolute atomic E-state index is 13.5. The smallest absolute Gasteiger partial charge is 0.326 e. The number of aliphatic carboxylic acids is 1. The van der Waals surface area contributed by atoms with Crippen LogP contribution in [0, 0.1) is 5.82 Å². The monoisotopic (exact) mass is 331 g/mol. The predicted octanol–water partition coefficient (Wildman–Crippen LogP) is 2.81. The van der Waals surface area contributed by atoms with E-state index in [4.69, 9.17) is 16.7 Å². The second kappa shape index (κ2) is 8.69. The van der Waals surface area contributed by atoms with Crippen LogP contribution in [0.15, 0.2) is 24.3 Å². The fourth-order valence-corrected chi connectivity index (χ4v) is 2.24. The maximum atomic E-state index is 13.5. The van der Waals surface area contributed by atoms with Crippen molar-refractivity contribution in [2.24, 2.45) is 0 Å². The molecule has 0 saturated heterocycles. The molecule has 0 aromatic heterocycles. The van der Waals surface area contributed by atoms with Gasteiger partial charge in [-0.15, -0.1) is 0 Å². The van der Waals surface area contributed by atoms with Gasteiger partial charge in [0, 0.05) is 11.6 Å². The normalized spacial score (nSPS) is 12.3. The Kier molecular flexibility index (Phi) is 7.25. The van der Waals surface area contributed by atoms with Gasteiger partial charge in [-0.3, -0.25) is 4.79 Å². The Morgan fingerprint density at radius 2 is 2.24 bits per heavy atom. The first-order valence-electron chi connectivity index (χ1n) is 6.10. The molecule has 0 heterocycles. The summed E-state index contributed by atoms with van der Waals surface area (Å²) in [4.78, 5) is 22.7. The highest BCUT2D eigenvalue weighted by Crippen LogP contribution is 2.20. The van der Waals surface area contributed by atoms with Crippen LogP contribution < -0.4 is 5.32 Å². The van der Waals surface area contributed by atoms with Crippen molar-refractivity contribution in [3.8, 4) is 0 Å². The Morgan fingerprint density at radius 1 is 1.52 bits per heavy atom. The minimum Gasteiger partial charge on any atom is -0.480 e. The number of benzene rings is 1. The van der Waals surface area contributed by atoms with Crippen LogP contribution in [-0.2, 0) is 9.59 Å². The van der Waals surface area contributed by atoms with Crippen LogP contribution in [0.5, 0.6) is 0 Å². The van der Waals surface area contributed by atoms with E-state index in [-0.39, 0.29) is 10.6 Å². The standard InChI is InChI=1S/C14H15ClFNO3S/c1-21-8-7-12(14(19)20)17-13(18)6-5-9-10(15)3-2-4-11(9)16/h2-6,12H,7-8H2,1H3,(H,17,18)(H,19,20)/b6-5+. The number of hydrogen-bond acceptors (Lipinski definition) is 3. The van der Waals surface area contributed by atoms with E-state index in [9.17, 15) is 14.0 Å². The molecule has 1 rings (SSSR count). The van der Waals surface area contributed by atoms with E-state index >= 15 is 0 Å². The summed E-state index contributed by atoms with van der Waals surface area (Å²) in [5.74, 6) is -1.65. The molecule has 21 heavy (non-hydrogen) atoms. The number of amides is 1. The van der Waals surface area contributed by atoms with Crippen LogP contribution in [-0.4, -0.2) is 35.0 Å². The molecule has 0 aliphatic heterocycles. The molecule has 1 atom stereocenters. The van der Waals surface area contributed by atoms with Gasteiger partial charge in [0.2, 0.25) is 5.91 Å². The number of hydrogen-bond donors (Lipinski definition) is 2. The van der Waals surface area contributed by atoms with Crippen LogP contribution in [0.1, 0.15) is 12.0 Å². The topological polar surface area (TPSA) is 66.4 Å². The first-order valence-corrected chi connectivity index (χ1v) is 7.87. The summed E-state index contributed by atoms with van der Waals surface area (Å²) < 4.78 is 13.5. The van der Waals surface area contributed by atoms with E-state index in [2.05, 4.69) is 5.32 Å². The Bertz CT molecular complexity index is 531. The number of thioether (sulfide) groups is 1. The molecule has 4 nitrogen and oxygen atoms in total. The summed E-state index contributed by atoms with van der Waals surface area (Å²) in [6.07, 6.45) is 4.46. The van der Waals surface area contributed by atoms with Crippen molar-refractivity contribution in [2.45, 2.75) is 12.5 Å². The highest BCUT2D eigenvalue weighted by molar-refractivity contribution is 7.98. The molecule has 1 aromatic rings. The van der Waals surface area contributed by atoms with Crippen molar-refractivity contribution in [1.29, 1.82) is 0 Å². The molecule has 7 heteroatoms. The van der Waals surface area contributed by atoms with E-state index in [1.54, 1.807) is 0 Å². The molecule has 1 amide bonds. The summed E-state index contributed by atoms with van der Waals surface area (Å²) in [6, 6.07) is 3.21. The van der Waals surface area contributed by atoms with Crippen LogP contribution >= 0.6 is 23.4 Å². The van der Waals surface area contributed by atoms with Gasteiger partial charge in [0.1, 0.15) is 11.9 Å². The van der Waals surface area contributed by atoms with E-state index in [0.29, 0.717) is 12.2 Å². The van der Waals surface area contributed by atoms with Gasteiger partial charge in [-0.2, -0.15) is 11.8 Å². The zero-order valence-electron chi connectivity index (χ0n) is 11.3. The van der Waals surface area contributed by atoms with Crippen molar-refractivity contribution >= 4 is 41.3 Å².